The highest BCUT2D eigenvalue weighted by atomic mass is 16.2. The molecule has 0 bridgehead atoms. The van der Waals surface area contributed by atoms with Crippen LogP contribution in [0.3, 0.4) is 0 Å². The summed E-state index contributed by atoms with van der Waals surface area (Å²) >= 11 is 0. The van der Waals surface area contributed by atoms with Gasteiger partial charge in [0.05, 0.1) is 6.04 Å². The van der Waals surface area contributed by atoms with Crippen LogP contribution in [0.1, 0.15) is 35.8 Å². The Morgan fingerprint density at radius 3 is 2.81 bits per heavy atom. The maximum atomic E-state index is 12.0. The quantitative estimate of drug-likeness (QED) is 0.794. The molecule has 2 aliphatic rings. The Morgan fingerprint density at radius 1 is 1.44 bits per heavy atom. The molecule has 1 aliphatic heterocycles. The van der Waals surface area contributed by atoms with Gasteiger partial charge in [0.15, 0.2) is 0 Å². The lowest BCUT2D eigenvalue weighted by Gasteiger charge is -2.31. The standard InChI is InChI=1S/C12H17N3O/c16-12(14-9-7-13-8-9)11-5-2-6-15(11)10-3-1-4-10/h2,5-6,9-10,13H,1,3-4,7-8H2,(H,14,16). The zero-order valence-corrected chi connectivity index (χ0v) is 9.28. The Bertz CT molecular complexity index is 391. The summed E-state index contributed by atoms with van der Waals surface area (Å²) in [7, 11) is 0. The molecule has 1 saturated carbocycles. The third kappa shape index (κ3) is 1.63. The number of rotatable bonds is 3. The van der Waals surface area contributed by atoms with Crippen molar-refractivity contribution in [1.82, 2.24) is 15.2 Å². The van der Waals surface area contributed by atoms with E-state index in [0.717, 1.165) is 18.8 Å². The maximum absolute atomic E-state index is 12.0. The first-order valence-electron chi connectivity index (χ1n) is 6.03. The number of carbonyl (C=O) groups is 1. The van der Waals surface area contributed by atoms with E-state index >= 15 is 0 Å². The van der Waals surface area contributed by atoms with Crippen LogP contribution in [0.4, 0.5) is 0 Å². The second-order valence-corrected chi connectivity index (χ2v) is 4.71. The molecule has 86 valence electrons. The van der Waals surface area contributed by atoms with Crippen molar-refractivity contribution in [3.05, 3.63) is 24.0 Å². The van der Waals surface area contributed by atoms with E-state index in [-0.39, 0.29) is 5.91 Å². The van der Waals surface area contributed by atoms with Gasteiger partial charge in [-0.1, -0.05) is 0 Å². The Morgan fingerprint density at radius 2 is 2.25 bits per heavy atom. The number of carbonyl (C=O) groups excluding carboxylic acids is 1. The average Bonchev–Trinajstić information content (AvgIpc) is 2.57. The van der Waals surface area contributed by atoms with E-state index < -0.39 is 0 Å². The summed E-state index contributed by atoms with van der Waals surface area (Å²) in [4.78, 5) is 12.0. The van der Waals surface area contributed by atoms with Crippen molar-refractivity contribution < 1.29 is 4.79 Å². The van der Waals surface area contributed by atoms with Gasteiger partial charge in [0, 0.05) is 25.3 Å². The molecule has 1 aliphatic carbocycles. The van der Waals surface area contributed by atoms with Gasteiger partial charge in [-0.15, -0.1) is 0 Å². The highest BCUT2D eigenvalue weighted by molar-refractivity contribution is 5.93. The summed E-state index contributed by atoms with van der Waals surface area (Å²) in [5.74, 6) is 0.0726. The largest absolute Gasteiger partial charge is 0.345 e. The molecule has 3 rings (SSSR count). The van der Waals surface area contributed by atoms with Gasteiger partial charge >= 0.3 is 0 Å². The SMILES string of the molecule is O=C(NC1CNC1)c1cccn1C1CCC1. The number of hydrogen-bond acceptors (Lipinski definition) is 2. The van der Waals surface area contributed by atoms with Crippen LogP contribution in [0.5, 0.6) is 0 Å². The molecule has 0 unspecified atom stereocenters. The number of hydrogen-bond donors (Lipinski definition) is 2. The zero-order chi connectivity index (χ0) is 11.0. The number of nitrogens with one attached hydrogen (secondary N) is 2. The van der Waals surface area contributed by atoms with Crippen molar-refractivity contribution >= 4 is 5.91 Å². The molecule has 1 aromatic heterocycles. The lowest BCUT2D eigenvalue weighted by molar-refractivity contribution is 0.0908. The summed E-state index contributed by atoms with van der Waals surface area (Å²) in [6.45, 7) is 1.80. The van der Waals surface area contributed by atoms with E-state index in [9.17, 15) is 4.79 Å². The molecule has 0 atom stereocenters. The van der Waals surface area contributed by atoms with E-state index in [2.05, 4.69) is 15.2 Å². The molecule has 4 heteroatoms. The van der Waals surface area contributed by atoms with Crippen LogP contribution in [0, 0.1) is 0 Å². The van der Waals surface area contributed by atoms with Crippen molar-refractivity contribution in [3.8, 4) is 0 Å². The van der Waals surface area contributed by atoms with Crippen LogP contribution in [-0.2, 0) is 0 Å². The maximum Gasteiger partial charge on any atom is 0.268 e. The number of aromatic nitrogens is 1. The first kappa shape index (κ1) is 9.90. The summed E-state index contributed by atoms with van der Waals surface area (Å²) in [5, 5.41) is 6.19. The van der Waals surface area contributed by atoms with Crippen LogP contribution >= 0.6 is 0 Å². The van der Waals surface area contributed by atoms with Crippen LogP contribution < -0.4 is 10.6 Å². The molecular weight excluding hydrogens is 202 g/mol. The van der Waals surface area contributed by atoms with Crippen LogP contribution in [-0.4, -0.2) is 29.6 Å². The molecule has 2 N–H and O–H groups in total. The number of amides is 1. The second kappa shape index (κ2) is 3.94. The molecule has 16 heavy (non-hydrogen) atoms. The highest BCUT2D eigenvalue weighted by Crippen LogP contribution is 2.32. The summed E-state index contributed by atoms with van der Waals surface area (Å²) < 4.78 is 2.13. The van der Waals surface area contributed by atoms with Gasteiger partial charge in [-0.25, -0.2) is 0 Å². The van der Waals surface area contributed by atoms with E-state index in [1.165, 1.54) is 19.3 Å². The fraction of sp³-hybridized carbons (Fsp3) is 0.583. The van der Waals surface area contributed by atoms with E-state index in [0.29, 0.717) is 12.1 Å². The van der Waals surface area contributed by atoms with Gasteiger partial charge < -0.3 is 15.2 Å². The van der Waals surface area contributed by atoms with Crippen LogP contribution in [0.15, 0.2) is 18.3 Å². The first-order chi connectivity index (χ1) is 7.84. The zero-order valence-electron chi connectivity index (χ0n) is 9.28. The lowest BCUT2D eigenvalue weighted by Crippen LogP contribution is -2.57. The molecule has 2 heterocycles. The smallest absolute Gasteiger partial charge is 0.268 e. The molecule has 4 nitrogen and oxygen atoms in total. The lowest BCUT2D eigenvalue weighted by atomic mass is 9.93. The van der Waals surface area contributed by atoms with Crippen molar-refractivity contribution in [2.24, 2.45) is 0 Å². The molecule has 0 aromatic carbocycles. The van der Waals surface area contributed by atoms with Gasteiger partial charge in [-0.3, -0.25) is 4.79 Å². The summed E-state index contributed by atoms with van der Waals surface area (Å²) in [5.41, 5.74) is 0.816. The fourth-order valence-electron chi connectivity index (χ4n) is 2.22. The predicted octanol–water partition coefficient (Wildman–Crippen LogP) is 0.915. The van der Waals surface area contributed by atoms with Crippen molar-refractivity contribution in [2.45, 2.75) is 31.3 Å². The molecule has 1 amide bonds. The third-order valence-corrected chi connectivity index (χ3v) is 3.60. The van der Waals surface area contributed by atoms with Crippen LogP contribution in [0.2, 0.25) is 0 Å². The Balaban J connectivity index is 1.71. The normalized spacial score (nSPS) is 21.2. The average molecular weight is 219 g/mol. The van der Waals surface area contributed by atoms with Gasteiger partial charge in [0.25, 0.3) is 5.91 Å². The number of nitrogens with zero attached hydrogens (tertiary/aromatic N) is 1. The van der Waals surface area contributed by atoms with E-state index in [4.69, 9.17) is 0 Å². The minimum absolute atomic E-state index is 0.0726. The van der Waals surface area contributed by atoms with Crippen molar-refractivity contribution in [1.29, 1.82) is 0 Å². The van der Waals surface area contributed by atoms with Crippen molar-refractivity contribution in [3.63, 3.8) is 0 Å². The topological polar surface area (TPSA) is 46.1 Å². The molecule has 0 radical (unpaired) electrons. The predicted molar refractivity (Wildman–Crippen MR) is 61.4 cm³/mol. The molecular formula is C12H17N3O. The monoisotopic (exact) mass is 219 g/mol. The van der Waals surface area contributed by atoms with E-state index in [1.807, 2.05) is 18.3 Å². The Kier molecular flexibility index (Phi) is 2.44. The minimum Gasteiger partial charge on any atom is -0.345 e. The molecule has 2 fully saturated rings. The summed E-state index contributed by atoms with van der Waals surface area (Å²) in [6.07, 6.45) is 5.73. The highest BCUT2D eigenvalue weighted by Gasteiger charge is 2.25. The second-order valence-electron chi connectivity index (χ2n) is 4.71. The third-order valence-electron chi connectivity index (χ3n) is 3.60. The van der Waals surface area contributed by atoms with Crippen molar-refractivity contribution in [2.75, 3.05) is 13.1 Å². The van der Waals surface area contributed by atoms with Gasteiger partial charge in [-0.05, 0) is 31.4 Å². The summed E-state index contributed by atoms with van der Waals surface area (Å²) in [6, 6.07) is 4.75. The minimum atomic E-state index is 0.0726. The Labute approximate surface area is 95.0 Å². The van der Waals surface area contributed by atoms with Gasteiger partial charge in [-0.2, -0.15) is 0 Å². The first-order valence-corrected chi connectivity index (χ1v) is 6.03. The molecule has 0 spiro atoms. The van der Waals surface area contributed by atoms with E-state index in [1.54, 1.807) is 0 Å². The molecule has 1 saturated heterocycles. The Hall–Kier alpha value is -1.29. The van der Waals surface area contributed by atoms with Crippen LogP contribution in [0.25, 0.3) is 0 Å². The van der Waals surface area contributed by atoms with Gasteiger partial charge in [0.1, 0.15) is 5.69 Å². The fourth-order valence-corrected chi connectivity index (χ4v) is 2.22. The van der Waals surface area contributed by atoms with Gasteiger partial charge in [0.2, 0.25) is 0 Å². The molecule has 1 aromatic rings.